The minimum atomic E-state index is -1.17. The summed E-state index contributed by atoms with van der Waals surface area (Å²) in [5.41, 5.74) is 1.50. The van der Waals surface area contributed by atoms with Crippen molar-refractivity contribution in [1.29, 1.82) is 0 Å². The number of aldehydes is 1. The fourth-order valence-electron chi connectivity index (χ4n) is 3.57. The maximum atomic E-state index is 12.2. The van der Waals surface area contributed by atoms with E-state index in [1.807, 2.05) is 43.3 Å². The second-order valence-corrected chi connectivity index (χ2v) is 7.16. The molecule has 4 heteroatoms. The van der Waals surface area contributed by atoms with Gasteiger partial charge < -0.3 is 9.47 Å². The van der Waals surface area contributed by atoms with E-state index in [9.17, 15) is 9.59 Å². The fourth-order valence-corrected chi connectivity index (χ4v) is 3.57. The Labute approximate surface area is 177 Å². The molecule has 0 amide bonds. The van der Waals surface area contributed by atoms with E-state index < -0.39 is 5.60 Å². The quantitative estimate of drug-likeness (QED) is 0.429. The van der Waals surface area contributed by atoms with Gasteiger partial charge in [-0.3, -0.25) is 9.59 Å². The monoisotopic (exact) mass is 401 g/mol. The van der Waals surface area contributed by atoms with Crippen molar-refractivity contribution in [2.75, 3.05) is 7.11 Å². The Morgan fingerprint density at radius 1 is 0.933 bits per heavy atom. The summed E-state index contributed by atoms with van der Waals surface area (Å²) in [6.07, 6.45) is 3.76. The molecule has 0 aliphatic rings. The molecule has 1 radical (unpaired) electrons. The molecule has 153 valence electrons. The second kappa shape index (κ2) is 9.88. The summed E-state index contributed by atoms with van der Waals surface area (Å²) in [5, 5.41) is 0. The number of rotatable bonds is 10. The Morgan fingerprint density at radius 2 is 1.53 bits per heavy atom. The zero-order valence-corrected chi connectivity index (χ0v) is 17.2. The van der Waals surface area contributed by atoms with Gasteiger partial charge in [-0.05, 0) is 35.7 Å². The summed E-state index contributed by atoms with van der Waals surface area (Å²) in [4.78, 5) is 23.3. The lowest BCUT2D eigenvalue weighted by Gasteiger charge is -2.32. The molecule has 30 heavy (non-hydrogen) atoms. The molecule has 0 aliphatic heterocycles. The van der Waals surface area contributed by atoms with E-state index in [1.54, 1.807) is 18.2 Å². The average Bonchev–Trinajstić information content (AvgIpc) is 2.83. The van der Waals surface area contributed by atoms with Gasteiger partial charge in [0.2, 0.25) is 6.29 Å². The highest BCUT2D eigenvalue weighted by Gasteiger charge is 2.36. The summed E-state index contributed by atoms with van der Waals surface area (Å²) >= 11 is 0. The number of hydrogen-bond donors (Lipinski definition) is 0. The van der Waals surface area contributed by atoms with Crippen molar-refractivity contribution in [1.82, 2.24) is 0 Å². The standard InChI is InChI=1S/C26H25O4/c1-3-26(19-28,30-24-15-14-20(18-27)16-25(24)29-2)17-23(21-10-6-4-7-11-21)22-12-8-5-9-13-22/h4-16,18,23H,3,17H2,1-2H3. The van der Waals surface area contributed by atoms with Crippen LogP contribution in [-0.2, 0) is 4.79 Å². The van der Waals surface area contributed by atoms with Gasteiger partial charge in [-0.15, -0.1) is 0 Å². The summed E-state index contributed by atoms with van der Waals surface area (Å²) in [6, 6.07) is 25.0. The molecule has 4 nitrogen and oxygen atoms in total. The first-order valence-corrected chi connectivity index (χ1v) is 9.96. The van der Waals surface area contributed by atoms with Crippen LogP contribution in [0.15, 0.2) is 78.9 Å². The third kappa shape index (κ3) is 4.77. The van der Waals surface area contributed by atoms with Gasteiger partial charge in [0.1, 0.15) is 6.29 Å². The van der Waals surface area contributed by atoms with Gasteiger partial charge >= 0.3 is 0 Å². The predicted octanol–water partition coefficient (Wildman–Crippen LogP) is 5.37. The third-order valence-corrected chi connectivity index (χ3v) is 5.32. The molecular weight excluding hydrogens is 376 g/mol. The van der Waals surface area contributed by atoms with Gasteiger partial charge in [0.05, 0.1) is 7.11 Å². The summed E-state index contributed by atoms with van der Waals surface area (Å²) in [7, 11) is 1.51. The second-order valence-electron chi connectivity index (χ2n) is 7.16. The van der Waals surface area contributed by atoms with Crippen molar-refractivity contribution in [2.45, 2.75) is 31.3 Å². The maximum absolute atomic E-state index is 12.2. The SMILES string of the molecule is CCC([C]=O)(CC(c1ccccc1)c1ccccc1)Oc1ccc(C=O)cc1OC. The molecule has 1 atom stereocenters. The number of methoxy groups -OCH3 is 1. The minimum Gasteiger partial charge on any atom is -0.493 e. The third-order valence-electron chi connectivity index (χ3n) is 5.32. The molecule has 0 N–H and O–H groups in total. The largest absolute Gasteiger partial charge is 0.493 e. The van der Waals surface area contributed by atoms with Crippen LogP contribution in [0.2, 0.25) is 0 Å². The molecule has 0 saturated heterocycles. The molecule has 0 spiro atoms. The average molecular weight is 401 g/mol. The van der Waals surface area contributed by atoms with E-state index in [0.29, 0.717) is 29.9 Å². The summed E-state index contributed by atoms with van der Waals surface area (Å²) in [6.45, 7) is 1.91. The Hall–Kier alpha value is -3.40. The first-order valence-electron chi connectivity index (χ1n) is 9.96. The van der Waals surface area contributed by atoms with Crippen molar-refractivity contribution in [2.24, 2.45) is 0 Å². The van der Waals surface area contributed by atoms with Crippen LogP contribution < -0.4 is 9.47 Å². The molecule has 0 bridgehead atoms. The smallest absolute Gasteiger partial charge is 0.246 e. The maximum Gasteiger partial charge on any atom is 0.246 e. The van der Waals surface area contributed by atoms with Crippen LogP contribution in [0.4, 0.5) is 0 Å². The Bertz CT molecular complexity index is 929. The molecule has 0 saturated carbocycles. The van der Waals surface area contributed by atoms with Gasteiger partial charge in [-0.2, -0.15) is 0 Å². The van der Waals surface area contributed by atoms with Crippen LogP contribution in [0, 0.1) is 0 Å². The first kappa shape index (κ1) is 21.3. The highest BCUT2D eigenvalue weighted by atomic mass is 16.5. The minimum absolute atomic E-state index is 0.0472. The normalized spacial score (nSPS) is 12.8. The molecule has 0 fully saturated rings. The number of carbonyl (C=O) groups excluding carboxylic acids is 2. The van der Waals surface area contributed by atoms with Gasteiger partial charge in [-0.25, -0.2) is 0 Å². The van der Waals surface area contributed by atoms with Crippen LogP contribution in [0.5, 0.6) is 11.5 Å². The fraction of sp³-hybridized carbons (Fsp3) is 0.231. The number of benzene rings is 3. The predicted molar refractivity (Wildman–Crippen MR) is 117 cm³/mol. The first-order chi connectivity index (χ1) is 14.6. The van der Waals surface area contributed by atoms with Crippen molar-refractivity contribution >= 4 is 12.6 Å². The van der Waals surface area contributed by atoms with Gasteiger partial charge in [0.15, 0.2) is 17.1 Å². The molecule has 3 aromatic rings. The van der Waals surface area contributed by atoms with Crippen molar-refractivity contribution in [3.05, 3.63) is 95.6 Å². The van der Waals surface area contributed by atoms with Crippen LogP contribution in [0.1, 0.15) is 47.2 Å². The molecule has 3 aromatic carbocycles. The van der Waals surface area contributed by atoms with E-state index in [1.165, 1.54) is 7.11 Å². The summed E-state index contributed by atoms with van der Waals surface area (Å²) < 4.78 is 11.6. The van der Waals surface area contributed by atoms with Gasteiger partial charge in [-0.1, -0.05) is 67.6 Å². The number of hydrogen-bond acceptors (Lipinski definition) is 4. The molecule has 3 rings (SSSR count). The van der Waals surface area contributed by atoms with Crippen LogP contribution >= 0.6 is 0 Å². The van der Waals surface area contributed by atoms with Crippen LogP contribution in [0.3, 0.4) is 0 Å². The highest BCUT2D eigenvalue weighted by molar-refractivity contribution is 5.76. The van der Waals surface area contributed by atoms with E-state index in [0.717, 1.165) is 17.4 Å². The lowest BCUT2D eigenvalue weighted by molar-refractivity contribution is 0.111. The van der Waals surface area contributed by atoms with Gasteiger partial charge in [0, 0.05) is 17.9 Å². The van der Waals surface area contributed by atoms with E-state index >= 15 is 0 Å². The zero-order valence-electron chi connectivity index (χ0n) is 17.2. The number of ether oxygens (including phenoxy) is 2. The van der Waals surface area contributed by atoms with Crippen molar-refractivity contribution in [3.63, 3.8) is 0 Å². The Balaban J connectivity index is 1.99. The lowest BCUT2D eigenvalue weighted by atomic mass is 9.81. The van der Waals surface area contributed by atoms with Gasteiger partial charge in [0.25, 0.3) is 0 Å². The van der Waals surface area contributed by atoms with Crippen LogP contribution in [0.25, 0.3) is 0 Å². The zero-order chi connectivity index (χ0) is 21.4. The molecule has 0 aliphatic carbocycles. The molecule has 0 heterocycles. The van der Waals surface area contributed by atoms with Crippen molar-refractivity contribution in [3.8, 4) is 11.5 Å². The topological polar surface area (TPSA) is 52.6 Å². The van der Waals surface area contributed by atoms with E-state index in [-0.39, 0.29) is 5.92 Å². The molecular formula is C26H25O4. The Morgan fingerprint density at radius 3 is 2.00 bits per heavy atom. The summed E-state index contributed by atoms with van der Waals surface area (Å²) in [5.74, 6) is 0.769. The van der Waals surface area contributed by atoms with E-state index in [4.69, 9.17) is 9.47 Å². The van der Waals surface area contributed by atoms with Crippen LogP contribution in [-0.4, -0.2) is 25.3 Å². The number of carbonyl (C=O) groups is 1. The highest BCUT2D eigenvalue weighted by Crippen LogP contribution is 2.38. The van der Waals surface area contributed by atoms with E-state index in [2.05, 4.69) is 30.6 Å². The Kier molecular flexibility index (Phi) is 7.02. The molecule has 0 aromatic heterocycles. The molecule has 1 unspecified atom stereocenters. The van der Waals surface area contributed by atoms with Crippen molar-refractivity contribution < 1.29 is 19.1 Å². The lowest BCUT2D eigenvalue weighted by Crippen LogP contribution is -2.39.